The maximum absolute atomic E-state index is 11.9. The van der Waals surface area contributed by atoms with Gasteiger partial charge in [-0.1, -0.05) is 5.16 Å². The third-order valence-electron chi connectivity index (χ3n) is 3.76. The van der Waals surface area contributed by atoms with Crippen molar-refractivity contribution in [2.45, 2.75) is 19.3 Å². The van der Waals surface area contributed by atoms with Crippen molar-refractivity contribution in [1.29, 1.82) is 0 Å². The zero-order chi connectivity index (χ0) is 18.4. The van der Waals surface area contributed by atoms with Crippen molar-refractivity contribution >= 4 is 11.6 Å². The van der Waals surface area contributed by atoms with E-state index in [0.717, 1.165) is 11.3 Å². The molecule has 3 aromatic rings. The number of methoxy groups -OCH3 is 1. The fraction of sp³-hybridized carbons (Fsp3) is 0.211. The minimum atomic E-state index is -0.106. The molecular formula is C19H19N3O4. The van der Waals surface area contributed by atoms with Gasteiger partial charge in [0.1, 0.15) is 11.5 Å². The molecular weight excluding hydrogens is 334 g/mol. The summed E-state index contributed by atoms with van der Waals surface area (Å²) in [5, 5.41) is 16.0. The summed E-state index contributed by atoms with van der Waals surface area (Å²) in [7, 11) is 1.61. The zero-order valence-electron chi connectivity index (χ0n) is 14.3. The highest BCUT2D eigenvalue weighted by Crippen LogP contribution is 2.20. The highest BCUT2D eigenvalue weighted by atomic mass is 16.5. The normalized spacial score (nSPS) is 10.5. The summed E-state index contributed by atoms with van der Waals surface area (Å²) in [5.74, 6) is 1.82. The largest absolute Gasteiger partial charge is 0.508 e. The number of carbonyl (C=O) groups excluding carboxylic acids is 1. The number of phenols is 1. The van der Waals surface area contributed by atoms with Gasteiger partial charge in [-0.25, -0.2) is 0 Å². The Morgan fingerprint density at radius 1 is 1.15 bits per heavy atom. The lowest BCUT2D eigenvalue weighted by molar-refractivity contribution is -0.116. The Morgan fingerprint density at radius 3 is 2.58 bits per heavy atom. The van der Waals surface area contributed by atoms with Gasteiger partial charge < -0.3 is 19.7 Å². The summed E-state index contributed by atoms with van der Waals surface area (Å²) in [4.78, 5) is 16.3. The first-order chi connectivity index (χ1) is 12.6. The van der Waals surface area contributed by atoms with Crippen LogP contribution in [-0.4, -0.2) is 28.3 Å². The van der Waals surface area contributed by atoms with Crippen LogP contribution in [0.25, 0.3) is 11.4 Å². The van der Waals surface area contributed by atoms with Crippen molar-refractivity contribution in [3.05, 3.63) is 54.4 Å². The third-order valence-corrected chi connectivity index (χ3v) is 3.76. The molecule has 0 fully saturated rings. The first-order valence-electron chi connectivity index (χ1n) is 8.20. The number of aromatic hydroxyl groups is 1. The van der Waals surface area contributed by atoms with Crippen molar-refractivity contribution < 1.29 is 19.2 Å². The number of nitrogens with zero attached hydrogens (tertiary/aromatic N) is 2. The SMILES string of the molecule is COc1ccc(-c2noc(CCCC(=O)Nc3ccc(O)cc3)n2)cc1. The number of rotatable bonds is 7. The van der Waals surface area contributed by atoms with Gasteiger partial charge >= 0.3 is 0 Å². The van der Waals surface area contributed by atoms with E-state index in [1.165, 1.54) is 12.1 Å². The lowest BCUT2D eigenvalue weighted by atomic mass is 10.2. The van der Waals surface area contributed by atoms with Crippen molar-refractivity contribution in [3.63, 3.8) is 0 Å². The van der Waals surface area contributed by atoms with Gasteiger partial charge in [-0.15, -0.1) is 0 Å². The molecule has 3 rings (SSSR count). The van der Waals surface area contributed by atoms with Crippen LogP contribution in [0.15, 0.2) is 53.1 Å². The topological polar surface area (TPSA) is 97.5 Å². The predicted molar refractivity (Wildman–Crippen MR) is 96.0 cm³/mol. The van der Waals surface area contributed by atoms with Gasteiger partial charge in [0.15, 0.2) is 0 Å². The molecule has 0 spiro atoms. The molecule has 0 unspecified atom stereocenters. The van der Waals surface area contributed by atoms with Crippen LogP contribution >= 0.6 is 0 Å². The van der Waals surface area contributed by atoms with Crippen LogP contribution in [0.4, 0.5) is 5.69 Å². The van der Waals surface area contributed by atoms with Gasteiger partial charge in [0.25, 0.3) is 0 Å². The van der Waals surface area contributed by atoms with Gasteiger partial charge in [-0.3, -0.25) is 4.79 Å². The molecule has 134 valence electrons. The summed E-state index contributed by atoms with van der Waals surface area (Å²) in [5.41, 5.74) is 1.48. The number of aromatic nitrogens is 2. The van der Waals surface area contributed by atoms with Crippen LogP contribution in [0, 0.1) is 0 Å². The van der Waals surface area contributed by atoms with E-state index in [1.54, 1.807) is 19.2 Å². The molecule has 26 heavy (non-hydrogen) atoms. The highest BCUT2D eigenvalue weighted by Gasteiger charge is 2.10. The quantitative estimate of drug-likeness (QED) is 0.632. The lowest BCUT2D eigenvalue weighted by Crippen LogP contribution is -2.11. The molecule has 0 aliphatic heterocycles. The molecule has 7 nitrogen and oxygen atoms in total. The number of aryl methyl sites for hydroxylation is 1. The fourth-order valence-electron chi connectivity index (χ4n) is 2.38. The third kappa shape index (κ3) is 4.60. The van der Waals surface area contributed by atoms with Gasteiger partial charge in [-0.2, -0.15) is 4.98 Å². The number of benzene rings is 2. The second kappa shape index (κ2) is 8.15. The molecule has 0 bridgehead atoms. The van der Waals surface area contributed by atoms with Gasteiger partial charge in [0.2, 0.25) is 17.6 Å². The minimum Gasteiger partial charge on any atom is -0.508 e. The minimum absolute atomic E-state index is 0.106. The maximum atomic E-state index is 11.9. The lowest BCUT2D eigenvalue weighted by Gasteiger charge is -2.04. The van der Waals surface area contributed by atoms with E-state index in [-0.39, 0.29) is 11.7 Å². The molecule has 0 aliphatic rings. The van der Waals surface area contributed by atoms with E-state index >= 15 is 0 Å². The standard InChI is InChI=1S/C19H19N3O4/c1-25-16-11-5-13(6-12-16)19-21-18(26-22-19)4-2-3-17(24)20-14-7-9-15(23)10-8-14/h5-12,23H,2-4H2,1H3,(H,20,24). The molecule has 0 saturated carbocycles. The Hall–Kier alpha value is -3.35. The summed E-state index contributed by atoms with van der Waals surface area (Å²) in [6, 6.07) is 13.7. The molecule has 2 aromatic carbocycles. The molecule has 1 aromatic heterocycles. The molecule has 1 heterocycles. The number of anilines is 1. The molecule has 0 atom stereocenters. The van der Waals surface area contributed by atoms with Crippen LogP contribution in [-0.2, 0) is 11.2 Å². The maximum Gasteiger partial charge on any atom is 0.226 e. The average molecular weight is 353 g/mol. The van der Waals surface area contributed by atoms with Crippen LogP contribution in [0.3, 0.4) is 0 Å². The van der Waals surface area contributed by atoms with Crippen LogP contribution in [0.5, 0.6) is 11.5 Å². The zero-order valence-corrected chi connectivity index (χ0v) is 14.3. The summed E-state index contributed by atoms with van der Waals surface area (Å²) < 4.78 is 10.4. The Balaban J connectivity index is 1.48. The van der Waals surface area contributed by atoms with Crippen LogP contribution < -0.4 is 10.1 Å². The number of phenolic OH excluding ortho intramolecular Hbond substituents is 1. The first-order valence-corrected chi connectivity index (χ1v) is 8.20. The molecule has 0 radical (unpaired) electrons. The van der Waals surface area contributed by atoms with Crippen molar-refractivity contribution in [1.82, 2.24) is 10.1 Å². The smallest absolute Gasteiger partial charge is 0.226 e. The number of hydrogen-bond donors (Lipinski definition) is 2. The molecule has 0 aliphatic carbocycles. The Bertz CT molecular complexity index is 857. The van der Waals surface area contributed by atoms with Crippen molar-refractivity contribution in [2.75, 3.05) is 12.4 Å². The molecule has 0 saturated heterocycles. The number of amides is 1. The van der Waals surface area contributed by atoms with Crippen molar-refractivity contribution in [2.24, 2.45) is 0 Å². The summed E-state index contributed by atoms with van der Waals surface area (Å²) >= 11 is 0. The predicted octanol–water partition coefficient (Wildman–Crippen LogP) is 3.41. The number of carbonyl (C=O) groups is 1. The monoisotopic (exact) mass is 353 g/mol. The second-order valence-corrected chi connectivity index (χ2v) is 5.69. The Labute approximate surface area is 150 Å². The number of hydrogen-bond acceptors (Lipinski definition) is 6. The first kappa shape index (κ1) is 17.5. The van der Waals surface area contributed by atoms with E-state index in [9.17, 15) is 9.90 Å². The van der Waals surface area contributed by atoms with Gasteiger partial charge in [0, 0.05) is 24.1 Å². The molecule has 1 amide bonds. The van der Waals surface area contributed by atoms with E-state index in [0.29, 0.717) is 36.7 Å². The molecule has 7 heteroatoms. The number of nitrogens with one attached hydrogen (secondary N) is 1. The Morgan fingerprint density at radius 2 is 1.88 bits per heavy atom. The van der Waals surface area contributed by atoms with Crippen LogP contribution in [0.2, 0.25) is 0 Å². The van der Waals surface area contributed by atoms with Gasteiger partial charge in [0.05, 0.1) is 7.11 Å². The molecule has 2 N–H and O–H groups in total. The van der Waals surface area contributed by atoms with Crippen molar-refractivity contribution in [3.8, 4) is 22.9 Å². The summed E-state index contributed by atoms with van der Waals surface area (Å²) in [6.07, 6.45) is 1.45. The summed E-state index contributed by atoms with van der Waals surface area (Å²) in [6.45, 7) is 0. The number of ether oxygens (including phenoxy) is 1. The van der Waals surface area contributed by atoms with Crippen LogP contribution in [0.1, 0.15) is 18.7 Å². The van der Waals surface area contributed by atoms with E-state index in [4.69, 9.17) is 9.26 Å². The second-order valence-electron chi connectivity index (χ2n) is 5.69. The van der Waals surface area contributed by atoms with E-state index in [1.807, 2.05) is 24.3 Å². The van der Waals surface area contributed by atoms with Gasteiger partial charge in [-0.05, 0) is 55.0 Å². The average Bonchev–Trinajstić information content (AvgIpc) is 3.12. The Kier molecular flexibility index (Phi) is 5.48. The van der Waals surface area contributed by atoms with E-state index in [2.05, 4.69) is 15.5 Å². The fourth-order valence-corrected chi connectivity index (χ4v) is 2.38. The highest BCUT2D eigenvalue weighted by molar-refractivity contribution is 5.90. The van der Waals surface area contributed by atoms with E-state index < -0.39 is 0 Å².